The van der Waals surface area contributed by atoms with Crippen LogP contribution in [0.3, 0.4) is 0 Å². The summed E-state index contributed by atoms with van der Waals surface area (Å²) in [5.74, 6) is 0.297. The molecule has 0 saturated heterocycles. The fourth-order valence-corrected chi connectivity index (χ4v) is 1.94. The van der Waals surface area contributed by atoms with Crippen LogP contribution in [-0.4, -0.2) is 23.9 Å². The molecule has 1 aliphatic carbocycles. The number of aliphatic hydroxyl groups excluding tert-OH is 1. The van der Waals surface area contributed by atoms with Crippen LogP contribution in [0.15, 0.2) is 0 Å². The fraction of sp³-hybridized carbons (Fsp3) is 0.889. The Kier molecular flexibility index (Phi) is 4.02. The molecular formula is C9H17NO3. The van der Waals surface area contributed by atoms with E-state index in [9.17, 15) is 4.79 Å². The molecule has 1 fully saturated rings. The minimum Gasteiger partial charge on any atom is -0.444 e. The lowest BCUT2D eigenvalue weighted by atomic mass is 9.85. The molecule has 1 aliphatic rings. The van der Waals surface area contributed by atoms with Crippen molar-refractivity contribution >= 4 is 6.09 Å². The van der Waals surface area contributed by atoms with Crippen molar-refractivity contribution in [2.24, 2.45) is 11.7 Å². The largest absolute Gasteiger partial charge is 0.444 e. The number of carbonyl (C=O) groups excluding carboxylic acids is 1. The summed E-state index contributed by atoms with van der Waals surface area (Å²) in [6, 6.07) is 0. The molecule has 0 aliphatic heterocycles. The van der Waals surface area contributed by atoms with Gasteiger partial charge in [0.15, 0.2) is 0 Å². The Labute approximate surface area is 78.1 Å². The van der Waals surface area contributed by atoms with E-state index in [1.807, 2.05) is 0 Å². The summed E-state index contributed by atoms with van der Waals surface area (Å²) in [5.41, 5.74) is 4.90. The van der Waals surface area contributed by atoms with E-state index in [1.54, 1.807) is 0 Å². The Bertz CT molecular complexity index is 166. The van der Waals surface area contributed by atoms with Gasteiger partial charge in [0.25, 0.3) is 0 Å². The van der Waals surface area contributed by atoms with Gasteiger partial charge in [0.05, 0.1) is 6.61 Å². The van der Waals surface area contributed by atoms with E-state index in [2.05, 4.69) is 0 Å². The van der Waals surface area contributed by atoms with Gasteiger partial charge in [0.1, 0.15) is 6.10 Å². The van der Waals surface area contributed by atoms with Gasteiger partial charge in [-0.3, -0.25) is 0 Å². The Balaban J connectivity index is 2.39. The van der Waals surface area contributed by atoms with Crippen LogP contribution in [0.1, 0.15) is 32.1 Å². The Morgan fingerprint density at radius 3 is 2.54 bits per heavy atom. The van der Waals surface area contributed by atoms with Crippen LogP contribution in [0, 0.1) is 5.92 Å². The van der Waals surface area contributed by atoms with Crippen molar-refractivity contribution in [3.05, 3.63) is 0 Å². The van der Waals surface area contributed by atoms with Crippen LogP contribution < -0.4 is 5.73 Å². The summed E-state index contributed by atoms with van der Waals surface area (Å²) in [4.78, 5) is 10.5. The van der Waals surface area contributed by atoms with Gasteiger partial charge >= 0.3 is 6.09 Å². The maximum atomic E-state index is 10.5. The maximum Gasteiger partial charge on any atom is 0.404 e. The minimum atomic E-state index is -0.787. The average molecular weight is 187 g/mol. The van der Waals surface area contributed by atoms with E-state index in [1.165, 1.54) is 6.42 Å². The van der Waals surface area contributed by atoms with Crippen LogP contribution >= 0.6 is 0 Å². The van der Waals surface area contributed by atoms with E-state index in [0.29, 0.717) is 5.92 Å². The molecule has 4 heteroatoms. The molecule has 0 aromatic heterocycles. The van der Waals surface area contributed by atoms with E-state index < -0.39 is 12.2 Å². The van der Waals surface area contributed by atoms with Gasteiger partial charge in [0.2, 0.25) is 0 Å². The molecule has 1 amide bonds. The van der Waals surface area contributed by atoms with Crippen molar-refractivity contribution in [3.63, 3.8) is 0 Å². The van der Waals surface area contributed by atoms with Crippen LogP contribution in [0.5, 0.6) is 0 Å². The Hall–Kier alpha value is -0.770. The first-order valence-electron chi connectivity index (χ1n) is 4.81. The van der Waals surface area contributed by atoms with Crippen molar-refractivity contribution in [2.75, 3.05) is 6.61 Å². The molecule has 0 radical (unpaired) electrons. The third-order valence-corrected chi connectivity index (χ3v) is 2.62. The van der Waals surface area contributed by atoms with Crippen LogP contribution in [0.4, 0.5) is 4.79 Å². The van der Waals surface area contributed by atoms with Crippen molar-refractivity contribution in [1.82, 2.24) is 0 Å². The molecule has 0 spiro atoms. The molecule has 1 atom stereocenters. The molecule has 1 saturated carbocycles. The number of hydrogen-bond donors (Lipinski definition) is 2. The van der Waals surface area contributed by atoms with Crippen molar-refractivity contribution < 1.29 is 14.6 Å². The summed E-state index contributed by atoms with van der Waals surface area (Å²) in [7, 11) is 0. The third-order valence-electron chi connectivity index (χ3n) is 2.62. The normalized spacial score (nSPS) is 21.0. The van der Waals surface area contributed by atoms with Crippen LogP contribution in [0.2, 0.25) is 0 Å². The summed E-state index contributed by atoms with van der Waals surface area (Å²) in [6.07, 6.45) is 4.43. The second kappa shape index (κ2) is 5.07. The highest BCUT2D eigenvalue weighted by atomic mass is 16.6. The zero-order chi connectivity index (χ0) is 9.68. The smallest absolute Gasteiger partial charge is 0.404 e. The first-order chi connectivity index (χ1) is 6.24. The van der Waals surface area contributed by atoms with Crippen LogP contribution in [-0.2, 0) is 4.74 Å². The maximum absolute atomic E-state index is 10.5. The highest BCUT2D eigenvalue weighted by Gasteiger charge is 2.25. The van der Waals surface area contributed by atoms with E-state index in [0.717, 1.165) is 25.7 Å². The number of nitrogens with two attached hydrogens (primary N) is 1. The van der Waals surface area contributed by atoms with E-state index >= 15 is 0 Å². The summed E-state index contributed by atoms with van der Waals surface area (Å²) in [5, 5.41) is 8.99. The van der Waals surface area contributed by atoms with Gasteiger partial charge < -0.3 is 15.6 Å². The SMILES string of the molecule is NC(=O)OC(CO)C1CCCCC1. The van der Waals surface area contributed by atoms with E-state index in [4.69, 9.17) is 15.6 Å². The molecule has 4 nitrogen and oxygen atoms in total. The predicted octanol–water partition coefficient (Wildman–Crippen LogP) is 1.02. The fourth-order valence-electron chi connectivity index (χ4n) is 1.94. The molecule has 0 aromatic rings. The molecular weight excluding hydrogens is 170 g/mol. The number of hydrogen-bond acceptors (Lipinski definition) is 3. The lowest BCUT2D eigenvalue weighted by molar-refractivity contribution is 0.0155. The lowest BCUT2D eigenvalue weighted by Gasteiger charge is -2.27. The number of rotatable bonds is 3. The van der Waals surface area contributed by atoms with Gasteiger partial charge in [-0.25, -0.2) is 4.79 Å². The topological polar surface area (TPSA) is 72.6 Å². The minimum absolute atomic E-state index is 0.117. The molecule has 0 aromatic carbocycles. The highest BCUT2D eigenvalue weighted by Crippen LogP contribution is 2.27. The summed E-state index contributed by atoms with van der Waals surface area (Å²) < 4.78 is 4.83. The molecule has 1 rings (SSSR count). The quantitative estimate of drug-likeness (QED) is 0.693. The number of amides is 1. The highest BCUT2D eigenvalue weighted by molar-refractivity contribution is 5.64. The van der Waals surface area contributed by atoms with Crippen molar-refractivity contribution in [1.29, 1.82) is 0 Å². The first-order valence-corrected chi connectivity index (χ1v) is 4.81. The van der Waals surface area contributed by atoms with Crippen molar-refractivity contribution in [3.8, 4) is 0 Å². The van der Waals surface area contributed by atoms with Gasteiger partial charge in [-0.15, -0.1) is 0 Å². The second-order valence-electron chi connectivity index (χ2n) is 3.56. The first kappa shape index (κ1) is 10.3. The predicted molar refractivity (Wildman–Crippen MR) is 48.1 cm³/mol. The molecule has 0 heterocycles. The Morgan fingerprint density at radius 2 is 2.08 bits per heavy atom. The zero-order valence-electron chi connectivity index (χ0n) is 7.74. The lowest BCUT2D eigenvalue weighted by Crippen LogP contribution is -2.33. The number of primary amides is 1. The molecule has 3 N–H and O–H groups in total. The third kappa shape index (κ3) is 3.22. The molecule has 13 heavy (non-hydrogen) atoms. The zero-order valence-corrected chi connectivity index (χ0v) is 7.74. The van der Waals surface area contributed by atoms with Crippen LogP contribution in [0.25, 0.3) is 0 Å². The van der Waals surface area contributed by atoms with Crippen molar-refractivity contribution in [2.45, 2.75) is 38.2 Å². The molecule has 0 bridgehead atoms. The van der Waals surface area contributed by atoms with Gasteiger partial charge in [-0.2, -0.15) is 0 Å². The number of aliphatic hydroxyl groups is 1. The summed E-state index contributed by atoms with van der Waals surface area (Å²) in [6.45, 7) is -0.117. The van der Waals surface area contributed by atoms with Gasteiger partial charge in [-0.1, -0.05) is 19.3 Å². The summed E-state index contributed by atoms with van der Waals surface area (Å²) >= 11 is 0. The number of ether oxygens (including phenoxy) is 1. The second-order valence-corrected chi connectivity index (χ2v) is 3.56. The molecule has 1 unspecified atom stereocenters. The standard InChI is InChI=1S/C9H17NO3/c10-9(12)13-8(6-11)7-4-2-1-3-5-7/h7-8,11H,1-6H2,(H2,10,12). The average Bonchev–Trinajstić information content (AvgIpc) is 2.15. The number of carbonyl (C=O) groups is 1. The van der Waals surface area contributed by atoms with Gasteiger partial charge in [-0.05, 0) is 18.8 Å². The van der Waals surface area contributed by atoms with Gasteiger partial charge in [0, 0.05) is 0 Å². The molecule has 76 valence electrons. The Morgan fingerprint density at radius 1 is 1.46 bits per heavy atom. The monoisotopic (exact) mass is 187 g/mol. The van der Waals surface area contributed by atoms with E-state index in [-0.39, 0.29) is 6.61 Å².